The molecule has 0 atom stereocenters. The van der Waals surface area contributed by atoms with Gasteiger partial charge in [0.1, 0.15) is 5.82 Å². The van der Waals surface area contributed by atoms with Crippen molar-refractivity contribution in [3.63, 3.8) is 0 Å². The summed E-state index contributed by atoms with van der Waals surface area (Å²) in [6, 6.07) is 14.1. The average molecular weight is 267 g/mol. The van der Waals surface area contributed by atoms with Crippen LogP contribution in [-0.4, -0.2) is 24.5 Å². The first kappa shape index (κ1) is 12.7. The number of aromatic nitrogens is 1. The summed E-state index contributed by atoms with van der Waals surface area (Å²) in [5, 5.41) is 2.83. The molecule has 102 valence electrons. The first-order valence-corrected chi connectivity index (χ1v) is 6.77. The number of carbonyl (C=O) groups is 1. The predicted molar refractivity (Wildman–Crippen MR) is 78.8 cm³/mol. The minimum Gasteiger partial charge on any atom is -0.355 e. The van der Waals surface area contributed by atoms with Crippen LogP contribution in [-0.2, 0) is 13.0 Å². The van der Waals surface area contributed by atoms with Gasteiger partial charge in [-0.2, -0.15) is 0 Å². The zero-order chi connectivity index (χ0) is 13.9. The Hall–Kier alpha value is -2.36. The first-order chi connectivity index (χ1) is 9.74. The Kier molecular flexibility index (Phi) is 3.37. The lowest BCUT2D eigenvalue weighted by molar-refractivity contribution is 0.0945. The minimum absolute atomic E-state index is 0.0176. The van der Waals surface area contributed by atoms with E-state index in [4.69, 9.17) is 0 Å². The number of anilines is 1. The SMILES string of the molecule is CN(Cc1ccccc1)c1ccc2c(n1)CCNC2=O. The van der Waals surface area contributed by atoms with Crippen LogP contribution in [0.3, 0.4) is 0 Å². The van der Waals surface area contributed by atoms with Crippen molar-refractivity contribution >= 4 is 11.7 Å². The second kappa shape index (κ2) is 5.33. The van der Waals surface area contributed by atoms with Crippen LogP contribution in [0.25, 0.3) is 0 Å². The molecule has 0 fully saturated rings. The van der Waals surface area contributed by atoms with Gasteiger partial charge in [0.2, 0.25) is 0 Å². The molecule has 1 N–H and O–H groups in total. The average Bonchev–Trinajstić information content (AvgIpc) is 2.48. The molecule has 0 unspecified atom stereocenters. The lowest BCUT2D eigenvalue weighted by Gasteiger charge is -2.22. The highest BCUT2D eigenvalue weighted by atomic mass is 16.1. The number of hydrogen-bond donors (Lipinski definition) is 1. The molecule has 0 spiro atoms. The molecule has 0 radical (unpaired) electrons. The van der Waals surface area contributed by atoms with Crippen molar-refractivity contribution in [2.75, 3.05) is 18.5 Å². The summed E-state index contributed by atoms with van der Waals surface area (Å²) in [7, 11) is 2.02. The van der Waals surface area contributed by atoms with Crippen LogP contribution in [0.1, 0.15) is 21.6 Å². The number of carbonyl (C=O) groups excluding carboxylic acids is 1. The summed E-state index contributed by atoms with van der Waals surface area (Å²) in [6.45, 7) is 1.48. The summed E-state index contributed by atoms with van der Waals surface area (Å²) in [4.78, 5) is 18.4. The molecule has 0 saturated carbocycles. The van der Waals surface area contributed by atoms with E-state index < -0.39 is 0 Å². The molecule has 1 aromatic carbocycles. The van der Waals surface area contributed by atoms with Gasteiger partial charge >= 0.3 is 0 Å². The number of pyridine rings is 1. The third-order valence-electron chi connectivity index (χ3n) is 3.51. The van der Waals surface area contributed by atoms with Gasteiger partial charge in [-0.05, 0) is 17.7 Å². The van der Waals surface area contributed by atoms with Crippen molar-refractivity contribution in [2.24, 2.45) is 0 Å². The maximum Gasteiger partial charge on any atom is 0.253 e. The maximum atomic E-state index is 11.7. The van der Waals surface area contributed by atoms with Crippen LogP contribution >= 0.6 is 0 Å². The summed E-state index contributed by atoms with van der Waals surface area (Å²) < 4.78 is 0. The normalized spacial score (nSPS) is 13.6. The molecule has 0 bridgehead atoms. The molecule has 0 aliphatic carbocycles. The Balaban J connectivity index is 1.82. The Morgan fingerprint density at radius 2 is 2.00 bits per heavy atom. The van der Waals surface area contributed by atoms with Gasteiger partial charge in [0.05, 0.1) is 11.3 Å². The molecule has 0 saturated heterocycles. The molecule has 4 nitrogen and oxygen atoms in total. The number of nitrogens with one attached hydrogen (secondary N) is 1. The molecule has 4 heteroatoms. The Bertz CT molecular complexity index is 625. The molecule has 20 heavy (non-hydrogen) atoms. The van der Waals surface area contributed by atoms with E-state index >= 15 is 0 Å². The Morgan fingerprint density at radius 3 is 2.80 bits per heavy atom. The molecule has 3 rings (SSSR count). The lowest BCUT2D eigenvalue weighted by Crippen LogP contribution is -2.33. The van der Waals surface area contributed by atoms with Crippen molar-refractivity contribution in [3.05, 3.63) is 59.3 Å². The topological polar surface area (TPSA) is 45.2 Å². The summed E-state index contributed by atoms with van der Waals surface area (Å²) in [6.07, 6.45) is 0.800. The number of rotatable bonds is 3. The zero-order valence-electron chi connectivity index (χ0n) is 11.5. The molecule has 2 aromatic rings. The molecule has 1 aliphatic rings. The van der Waals surface area contributed by atoms with Crippen LogP contribution in [0.4, 0.5) is 5.82 Å². The van der Waals surface area contributed by atoms with Crippen LogP contribution in [0.15, 0.2) is 42.5 Å². The summed E-state index contributed by atoms with van der Waals surface area (Å²) in [5.41, 5.74) is 2.84. The molecule has 1 aromatic heterocycles. The summed E-state index contributed by atoms with van der Waals surface area (Å²) >= 11 is 0. The van der Waals surface area contributed by atoms with E-state index in [2.05, 4.69) is 27.3 Å². The highest BCUT2D eigenvalue weighted by Crippen LogP contribution is 2.18. The van der Waals surface area contributed by atoms with E-state index in [0.717, 1.165) is 24.5 Å². The lowest BCUT2D eigenvalue weighted by atomic mass is 10.1. The van der Waals surface area contributed by atoms with Crippen LogP contribution in [0, 0.1) is 0 Å². The number of amides is 1. The fourth-order valence-corrected chi connectivity index (χ4v) is 2.43. The molecule has 1 amide bonds. The standard InChI is InChI=1S/C16H17N3O/c1-19(11-12-5-3-2-4-6-12)15-8-7-13-14(18-15)9-10-17-16(13)20/h2-8H,9-11H2,1H3,(H,17,20). The number of nitrogens with zero attached hydrogens (tertiary/aromatic N) is 2. The van der Waals surface area contributed by atoms with E-state index in [-0.39, 0.29) is 5.91 Å². The van der Waals surface area contributed by atoms with Gasteiger partial charge in [-0.15, -0.1) is 0 Å². The second-order valence-corrected chi connectivity index (χ2v) is 5.01. The van der Waals surface area contributed by atoms with Crippen LogP contribution in [0.5, 0.6) is 0 Å². The second-order valence-electron chi connectivity index (χ2n) is 5.01. The highest BCUT2D eigenvalue weighted by Gasteiger charge is 2.18. The fourth-order valence-electron chi connectivity index (χ4n) is 2.43. The Labute approximate surface area is 118 Å². The van der Waals surface area contributed by atoms with Crippen molar-refractivity contribution in [2.45, 2.75) is 13.0 Å². The van der Waals surface area contributed by atoms with Crippen LogP contribution < -0.4 is 10.2 Å². The van der Waals surface area contributed by atoms with Gasteiger partial charge in [-0.25, -0.2) is 4.98 Å². The van der Waals surface area contributed by atoms with Gasteiger partial charge < -0.3 is 10.2 Å². The minimum atomic E-state index is -0.0176. The third-order valence-corrected chi connectivity index (χ3v) is 3.51. The van der Waals surface area contributed by atoms with Gasteiger partial charge in [0, 0.05) is 26.6 Å². The van der Waals surface area contributed by atoms with E-state index in [1.54, 1.807) is 0 Å². The molecule has 2 heterocycles. The van der Waals surface area contributed by atoms with Gasteiger partial charge in [0.15, 0.2) is 0 Å². The van der Waals surface area contributed by atoms with E-state index in [9.17, 15) is 4.79 Å². The van der Waals surface area contributed by atoms with Gasteiger partial charge in [-0.3, -0.25) is 4.79 Å². The number of hydrogen-bond acceptors (Lipinski definition) is 3. The van der Waals surface area contributed by atoms with E-state index in [1.165, 1.54) is 5.56 Å². The monoisotopic (exact) mass is 267 g/mol. The zero-order valence-corrected chi connectivity index (χ0v) is 11.5. The number of fused-ring (bicyclic) bond motifs is 1. The molecular weight excluding hydrogens is 250 g/mol. The van der Waals surface area contributed by atoms with Crippen molar-refractivity contribution < 1.29 is 4.79 Å². The fraction of sp³-hybridized carbons (Fsp3) is 0.250. The predicted octanol–water partition coefficient (Wildman–Crippen LogP) is 2.00. The van der Waals surface area contributed by atoms with Crippen molar-refractivity contribution in [1.29, 1.82) is 0 Å². The maximum absolute atomic E-state index is 11.7. The van der Waals surface area contributed by atoms with Crippen molar-refractivity contribution in [1.82, 2.24) is 10.3 Å². The first-order valence-electron chi connectivity index (χ1n) is 6.77. The highest BCUT2D eigenvalue weighted by molar-refractivity contribution is 5.96. The summed E-state index contributed by atoms with van der Waals surface area (Å²) in [5.74, 6) is 0.887. The van der Waals surface area contributed by atoms with Crippen LogP contribution in [0.2, 0.25) is 0 Å². The van der Waals surface area contributed by atoms with Gasteiger partial charge in [-0.1, -0.05) is 30.3 Å². The molecule has 1 aliphatic heterocycles. The van der Waals surface area contributed by atoms with Crippen molar-refractivity contribution in [3.8, 4) is 0 Å². The number of benzene rings is 1. The smallest absolute Gasteiger partial charge is 0.253 e. The Morgan fingerprint density at radius 1 is 1.20 bits per heavy atom. The van der Waals surface area contributed by atoms with Gasteiger partial charge in [0.25, 0.3) is 5.91 Å². The van der Waals surface area contributed by atoms with E-state index in [1.807, 2.05) is 37.4 Å². The third kappa shape index (κ3) is 2.50. The largest absolute Gasteiger partial charge is 0.355 e. The van der Waals surface area contributed by atoms with E-state index in [0.29, 0.717) is 12.1 Å². The molecular formula is C16H17N3O. The quantitative estimate of drug-likeness (QED) is 0.925.